The summed E-state index contributed by atoms with van der Waals surface area (Å²) < 4.78 is 8.33. The molecule has 0 radical (unpaired) electrons. The van der Waals surface area contributed by atoms with Gasteiger partial charge in [-0.1, -0.05) is 0 Å². The predicted molar refractivity (Wildman–Crippen MR) is 79.8 cm³/mol. The van der Waals surface area contributed by atoms with Gasteiger partial charge in [-0.15, -0.1) is 0 Å². The lowest BCUT2D eigenvalue weighted by atomic mass is 10.4. The third-order valence-corrected chi connectivity index (χ3v) is 8.45. The number of hydrogen-bond donors (Lipinski definition) is 0. The molecule has 0 saturated carbocycles. The molecule has 3 heterocycles. The summed E-state index contributed by atoms with van der Waals surface area (Å²) in [7, 11) is 0. The molecule has 0 bridgehead atoms. The molecule has 18 heavy (non-hydrogen) atoms. The zero-order chi connectivity index (χ0) is 10.8. The lowest BCUT2D eigenvalue weighted by Crippen LogP contribution is -3.00. The van der Waals surface area contributed by atoms with Crippen molar-refractivity contribution in [1.82, 2.24) is 0 Å². The van der Waals surface area contributed by atoms with Crippen molar-refractivity contribution in [3.05, 3.63) is 0 Å². The fourth-order valence-corrected chi connectivity index (χ4v) is 7.20. The van der Waals surface area contributed by atoms with E-state index in [-0.39, 0.29) is 34.0 Å². The van der Waals surface area contributed by atoms with Crippen LogP contribution in [0.5, 0.6) is 0 Å². The maximum Gasteiger partial charge on any atom is 0.270 e. The molecule has 8 heteroatoms. The second kappa shape index (κ2) is 8.87. The van der Waals surface area contributed by atoms with Crippen molar-refractivity contribution in [2.45, 2.75) is 0 Å². The Morgan fingerprint density at radius 2 is 0.833 bits per heavy atom. The van der Waals surface area contributed by atoms with Gasteiger partial charge >= 0.3 is 0 Å². The van der Waals surface area contributed by atoms with Crippen LogP contribution in [0.4, 0.5) is 0 Å². The van der Waals surface area contributed by atoms with Crippen molar-refractivity contribution in [3.8, 4) is 0 Å². The van der Waals surface area contributed by atoms with Crippen molar-refractivity contribution in [2.75, 3.05) is 49.2 Å². The number of halogens is 2. The predicted octanol–water partition coefficient (Wildman–Crippen LogP) is -4.29. The van der Waals surface area contributed by atoms with Gasteiger partial charge in [-0.3, -0.25) is 0 Å². The van der Waals surface area contributed by atoms with Crippen molar-refractivity contribution in [3.63, 3.8) is 0 Å². The number of piperazine rings is 1. The standard InChI is InChI=1S/C10H16N2S4.2BrH/c1-2-12(10-15-7-8-16-10)4-3-11(1)9-13-5-6-14-9;;/h1-8H2;2*1H/q+2;;/p-2. The Morgan fingerprint density at radius 3 is 1.11 bits per heavy atom. The molecule has 3 saturated heterocycles. The van der Waals surface area contributed by atoms with Crippen LogP contribution >= 0.6 is 47.0 Å². The summed E-state index contributed by atoms with van der Waals surface area (Å²) in [6.45, 7) is 4.89. The van der Waals surface area contributed by atoms with Gasteiger partial charge in [-0.25, -0.2) is 9.15 Å². The van der Waals surface area contributed by atoms with E-state index in [4.69, 9.17) is 0 Å². The van der Waals surface area contributed by atoms with E-state index in [0.29, 0.717) is 0 Å². The Hall–Kier alpha value is 1.70. The van der Waals surface area contributed by atoms with Gasteiger partial charge in [0, 0.05) is 23.0 Å². The van der Waals surface area contributed by atoms with Crippen LogP contribution in [0.3, 0.4) is 0 Å². The molecule has 0 amide bonds. The Morgan fingerprint density at radius 1 is 0.556 bits per heavy atom. The van der Waals surface area contributed by atoms with Crippen LogP contribution in [0, 0.1) is 0 Å². The Labute approximate surface area is 147 Å². The molecule has 3 aliphatic heterocycles. The van der Waals surface area contributed by atoms with Gasteiger partial charge in [-0.05, 0) is 47.0 Å². The molecule has 3 fully saturated rings. The van der Waals surface area contributed by atoms with Crippen LogP contribution in [0.15, 0.2) is 0 Å². The summed E-state index contributed by atoms with van der Waals surface area (Å²) in [4.78, 5) is 0. The van der Waals surface area contributed by atoms with E-state index in [1.807, 2.05) is 0 Å². The number of hydrogen-bond acceptors (Lipinski definition) is 4. The minimum atomic E-state index is 0. The number of nitrogens with zero attached hydrogens (tertiary/aromatic N) is 2. The minimum Gasteiger partial charge on any atom is -1.00 e. The van der Waals surface area contributed by atoms with E-state index in [1.54, 1.807) is 8.75 Å². The van der Waals surface area contributed by atoms with E-state index in [9.17, 15) is 0 Å². The first kappa shape index (κ1) is 17.8. The molecule has 0 N–H and O–H groups in total. The molecule has 0 spiro atoms. The fourth-order valence-electron chi connectivity index (χ4n) is 2.04. The van der Waals surface area contributed by atoms with Crippen molar-refractivity contribution < 1.29 is 43.1 Å². The molecule has 3 aliphatic rings. The van der Waals surface area contributed by atoms with Gasteiger partial charge in [0.15, 0.2) is 0 Å². The van der Waals surface area contributed by atoms with Crippen LogP contribution in [0.2, 0.25) is 0 Å². The van der Waals surface area contributed by atoms with E-state index in [1.165, 1.54) is 49.2 Å². The monoisotopic (exact) mass is 450 g/mol. The summed E-state index contributed by atoms with van der Waals surface area (Å²) in [5, 5.41) is 0. The van der Waals surface area contributed by atoms with Crippen LogP contribution < -0.4 is 34.0 Å². The number of thioether (sulfide) groups is 4. The van der Waals surface area contributed by atoms with Crippen LogP contribution in [0.25, 0.3) is 0 Å². The summed E-state index contributed by atoms with van der Waals surface area (Å²) in [5.41, 5.74) is 0. The molecular weight excluding hydrogens is 436 g/mol. The van der Waals surface area contributed by atoms with Crippen molar-refractivity contribution in [2.24, 2.45) is 0 Å². The van der Waals surface area contributed by atoms with Crippen molar-refractivity contribution in [1.29, 1.82) is 0 Å². The zero-order valence-electron chi connectivity index (χ0n) is 9.94. The van der Waals surface area contributed by atoms with Gasteiger partial charge in [-0.2, -0.15) is 0 Å². The van der Waals surface area contributed by atoms with Gasteiger partial charge in [0.05, 0.1) is 0 Å². The van der Waals surface area contributed by atoms with E-state index in [2.05, 4.69) is 56.2 Å². The van der Waals surface area contributed by atoms with Gasteiger partial charge in [0.25, 0.3) is 8.75 Å². The molecule has 0 aromatic heterocycles. The van der Waals surface area contributed by atoms with Gasteiger partial charge < -0.3 is 34.0 Å². The Balaban J connectivity index is 0.000000810. The molecule has 3 rings (SSSR count). The van der Waals surface area contributed by atoms with E-state index < -0.39 is 0 Å². The summed E-state index contributed by atoms with van der Waals surface area (Å²) in [6.07, 6.45) is 0. The first-order chi connectivity index (χ1) is 7.93. The summed E-state index contributed by atoms with van der Waals surface area (Å²) in [5.74, 6) is 5.24. The molecule has 0 unspecified atom stereocenters. The van der Waals surface area contributed by atoms with Gasteiger partial charge in [0.1, 0.15) is 0 Å². The largest absolute Gasteiger partial charge is 1.00 e. The average Bonchev–Trinajstić information content (AvgIpc) is 3.03. The number of rotatable bonds is 0. The van der Waals surface area contributed by atoms with Gasteiger partial charge in [0.2, 0.25) is 26.2 Å². The maximum absolute atomic E-state index is 2.59. The van der Waals surface area contributed by atoms with Crippen LogP contribution in [0.1, 0.15) is 0 Å². The molecule has 2 nitrogen and oxygen atoms in total. The average molecular weight is 452 g/mol. The molecule has 104 valence electrons. The normalized spacial score (nSPS) is 24.0. The highest BCUT2D eigenvalue weighted by Crippen LogP contribution is 2.28. The second-order valence-corrected chi connectivity index (χ2v) is 8.75. The van der Waals surface area contributed by atoms with E-state index in [0.717, 1.165) is 0 Å². The lowest BCUT2D eigenvalue weighted by Gasteiger charge is -2.12. The molecule has 0 atom stereocenters. The first-order valence-corrected chi connectivity index (χ1v) is 9.63. The van der Waals surface area contributed by atoms with E-state index >= 15 is 0 Å². The molecular formula is C10H16Br2N2S4. The second-order valence-electron chi connectivity index (χ2n) is 3.90. The topological polar surface area (TPSA) is 6.02 Å². The highest BCUT2D eigenvalue weighted by molar-refractivity contribution is 8.41. The zero-order valence-corrected chi connectivity index (χ0v) is 16.4. The molecule has 0 aromatic rings. The maximum atomic E-state index is 2.59. The van der Waals surface area contributed by atoms with Crippen LogP contribution in [-0.4, -0.2) is 67.1 Å². The first-order valence-electron chi connectivity index (χ1n) is 5.68. The Bertz CT molecular complexity index is 298. The highest BCUT2D eigenvalue weighted by Gasteiger charge is 2.31. The van der Waals surface area contributed by atoms with Crippen LogP contribution in [-0.2, 0) is 0 Å². The lowest BCUT2D eigenvalue weighted by molar-refractivity contribution is -0.660. The summed E-state index contributed by atoms with van der Waals surface area (Å²) >= 11 is 8.21. The molecule has 0 aromatic carbocycles. The quantitative estimate of drug-likeness (QED) is 0.343. The highest BCUT2D eigenvalue weighted by atomic mass is 79.9. The minimum absolute atomic E-state index is 0. The molecule has 0 aliphatic carbocycles. The SMILES string of the molecule is C1CSC(=[N+]2CC[N+](=C3SCCS3)CC2)S1.[Br-].[Br-]. The Kier molecular flexibility index (Phi) is 8.75. The van der Waals surface area contributed by atoms with Crippen molar-refractivity contribution >= 4 is 55.8 Å². The summed E-state index contributed by atoms with van der Waals surface area (Å²) in [6, 6.07) is 0. The fraction of sp³-hybridized carbons (Fsp3) is 0.800. The smallest absolute Gasteiger partial charge is 0.270 e. The third-order valence-electron chi connectivity index (χ3n) is 2.86. The third kappa shape index (κ3) is 4.35.